The Hall–Kier alpha value is -3.67. The number of hydrogen-bond acceptors (Lipinski definition) is 3. The summed E-state index contributed by atoms with van der Waals surface area (Å²) in [6.07, 6.45) is 1.75. The second-order valence-corrected chi connectivity index (χ2v) is 6.43. The van der Waals surface area contributed by atoms with E-state index < -0.39 is 0 Å². The number of hydrogen-bond donors (Lipinski definition) is 3. The number of urea groups is 1. The summed E-state index contributed by atoms with van der Waals surface area (Å²) in [5.41, 5.74) is 6.40. The molecule has 2 aromatic heterocycles. The molecule has 6 nitrogen and oxygen atoms in total. The van der Waals surface area contributed by atoms with E-state index in [4.69, 9.17) is 0 Å². The van der Waals surface area contributed by atoms with Crippen molar-refractivity contribution in [1.29, 1.82) is 0 Å². The monoisotopic (exact) mass is 357 g/mol. The maximum atomic E-state index is 12.2. The van der Waals surface area contributed by atoms with Crippen molar-refractivity contribution >= 4 is 28.4 Å². The standard InChI is InChI=1S/C21H19N5O/c1-13-3-7-16(8-4-13)23-21(27)24-17-9-5-15(6-10-17)18-11-12-22-20-19(18)14(2)25-26-20/h3-12H,1-2H3,(H,22,25,26)(H2,23,24,27). The summed E-state index contributed by atoms with van der Waals surface area (Å²) in [5.74, 6) is 0. The lowest BCUT2D eigenvalue weighted by atomic mass is 10.0. The minimum absolute atomic E-state index is 0.274. The van der Waals surface area contributed by atoms with Crippen molar-refractivity contribution < 1.29 is 4.79 Å². The van der Waals surface area contributed by atoms with E-state index in [1.54, 1.807) is 6.20 Å². The highest BCUT2D eigenvalue weighted by atomic mass is 16.2. The maximum Gasteiger partial charge on any atom is 0.323 e. The molecule has 0 radical (unpaired) electrons. The SMILES string of the molecule is Cc1ccc(NC(=O)Nc2ccc(-c3ccnc4n[nH]c(C)c34)cc2)cc1. The topological polar surface area (TPSA) is 82.7 Å². The van der Waals surface area contributed by atoms with Crippen LogP contribution < -0.4 is 10.6 Å². The predicted molar refractivity (Wildman–Crippen MR) is 108 cm³/mol. The van der Waals surface area contributed by atoms with Crippen molar-refractivity contribution in [2.45, 2.75) is 13.8 Å². The molecule has 0 fully saturated rings. The van der Waals surface area contributed by atoms with E-state index in [2.05, 4.69) is 25.8 Å². The third-order valence-electron chi connectivity index (χ3n) is 4.40. The third kappa shape index (κ3) is 3.50. The van der Waals surface area contributed by atoms with Crippen LogP contribution >= 0.6 is 0 Å². The number of carbonyl (C=O) groups excluding carboxylic acids is 1. The van der Waals surface area contributed by atoms with Gasteiger partial charge in [-0.2, -0.15) is 5.10 Å². The highest BCUT2D eigenvalue weighted by Crippen LogP contribution is 2.29. The Morgan fingerprint density at radius 1 is 0.889 bits per heavy atom. The number of amides is 2. The molecule has 134 valence electrons. The molecule has 0 aliphatic rings. The summed E-state index contributed by atoms with van der Waals surface area (Å²) in [4.78, 5) is 16.4. The summed E-state index contributed by atoms with van der Waals surface area (Å²) in [6, 6.07) is 17.1. The summed E-state index contributed by atoms with van der Waals surface area (Å²) in [5, 5.41) is 13.9. The number of rotatable bonds is 3. The van der Waals surface area contributed by atoms with Gasteiger partial charge < -0.3 is 10.6 Å². The Balaban J connectivity index is 1.51. The second kappa shape index (κ2) is 6.92. The number of nitrogens with one attached hydrogen (secondary N) is 3. The molecule has 0 spiro atoms. The number of H-pyrrole nitrogens is 1. The fraction of sp³-hybridized carbons (Fsp3) is 0.0952. The first kappa shape index (κ1) is 16.8. The number of pyridine rings is 1. The molecule has 2 aromatic carbocycles. The molecule has 0 bridgehead atoms. The van der Waals surface area contributed by atoms with Gasteiger partial charge in [0, 0.05) is 28.7 Å². The van der Waals surface area contributed by atoms with Gasteiger partial charge in [0.05, 0.1) is 0 Å². The van der Waals surface area contributed by atoms with Crippen molar-refractivity contribution in [2.24, 2.45) is 0 Å². The molecule has 3 N–H and O–H groups in total. The molecule has 0 aliphatic carbocycles. The van der Waals surface area contributed by atoms with Crippen LogP contribution in [0, 0.1) is 13.8 Å². The fourth-order valence-electron chi connectivity index (χ4n) is 3.00. The van der Waals surface area contributed by atoms with Crippen molar-refractivity contribution in [3.63, 3.8) is 0 Å². The van der Waals surface area contributed by atoms with Gasteiger partial charge in [-0.15, -0.1) is 0 Å². The van der Waals surface area contributed by atoms with Crippen LogP contribution in [0.2, 0.25) is 0 Å². The summed E-state index contributed by atoms with van der Waals surface area (Å²) >= 11 is 0. The molecular weight excluding hydrogens is 338 g/mol. The average Bonchev–Trinajstić information content (AvgIpc) is 3.06. The molecule has 2 heterocycles. The van der Waals surface area contributed by atoms with E-state index in [1.807, 2.05) is 68.4 Å². The van der Waals surface area contributed by atoms with Gasteiger partial charge in [0.25, 0.3) is 0 Å². The van der Waals surface area contributed by atoms with Crippen LogP contribution in [0.4, 0.5) is 16.2 Å². The van der Waals surface area contributed by atoms with Crippen LogP contribution in [0.25, 0.3) is 22.2 Å². The summed E-state index contributed by atoms with van der Waals surface area (Å²) < 4.78 is 0. The number of aryl methyl sites for hydroxylation is 2. The van der Waals surface area contributed by atoms with Gasteiger partial charge in [0.1, 0.15) is 0 Å². The largest absolute Gasteiger partial charge is 0.323 e. The maximum absolute atomic E-state index is 12.2. The Labute approximate surface area is 156 Å². The zero-order valence-corrected chi connectivity index (χ0v) is 15.1. The van der Waals surface area contributed by atoms with E-state index in [1.165, 1.54) is 0 Å². The highest BCUT2D eigenvalue weighted by Gasteiger charge is 2.10. The van der Waals surface area contributed by atoms with Crippen LogP contribution in [0.5, 0.6) is 0 Å². The second-order valence-electron chi connectivity index (χ2n) is 6.43. The first-order chi connectivity index (χ1) is 13.1. The average molecular weight is 357 g/mol. The van der Waals surface area contributed by atoms with Gasteiger partial charge in [0.2, 0.25) is 0 Å². The molecule has 2 amide bonds. The molecule has 0 saturated carbocycles. The number of aromatic amines is 1. The predicted octanol–water partition coefficient (Wildman–Crippen LogP) is 4.89. The summed E-state index contributed by atoms with van der Waals surface area (Å²) in [7, 11) is 0. The van der Waals surface area contributed by atoms with Crippen molar-refractivity contribution in [1.82, 2.24) is 15.2 Å². The van der Waals surface area contributed by atoms with Crippen LogP contribution in [0.1, 0.15) is 11.3 Å². The van der Waals surface area contributed by atoms with E-state index >= 15 is 0 Å². The van der Waals surface area contributed by atoms with Crippen LogP contribution in [0.15, 0.2) is 60.8 Å². The smallest absolute Gasteiger partial charge is 0.308 e. The molecule has 0 atom stereocenters. The van der Waals surface area contributed by atoms with Crippen LogP contribution in [-0.2, 0) is 0 Å². The van der Waals surface area contributed by atoms with Gasteiger partial charge in [-0.1, -0.05) is 29.8 Å². The zero-order valence-electron chi connectivity index (χ0n) is 15.1. The lowest BCUT2D eigenvalue weighted by Gasteiger charge is -2.09. The van der Waals surface area contributed by atoms with Gasteiger partial charge >= 0.3 is 6.03 Å². The Morgan fingerprint density at radius 3 is 2.19 bits per heavy atom. The van der Waals surface area contributed by atoms with Crippen LogP contribution in [0.3, 0.4) is 0 Å². The molecule has 6 heteroatoms. The molecule has 4 rings (SSSR count). The van der Waals surface area contributed by atoms with E-state index in [9.17, 15) is 4.79 Å². The molecule has 0 unspecified atom stereocenters. The number of carbonyl (C=O) groups is 1. The number of fused-ring (bicyclic) bond motifs is 1. The van der Waals surface area contributed by atoms with Crippen molar-refractivity contribution in [3.05, 3.63) is 72.1 Å². The minimum atomic E-state index is -0.274. The Morgan fingerprint density at radius 2 is 1.52 bits per heavy atom. The fourth-order valence-corrected chi connectivity index (χ4v) is 3.00. The first-order valence-corrected chi connectivity index (χ1v) is 8.65. The van der Waals surface area contributed by atoms with Crippen molar-refractivity contribution in [2.75, 3.05) is 10.6 Å². The number of aromatic nitrogens is 3. The lowest BCUT2D eigenvalue weighted by Crippen LogP contribution is -2.19. The zero-order chi connectivity index (χ0) is 18.8. The van der Waals surface area contributed by atoms with Gasteiger partial charge in [-0.25, -0.2) is 9.78 Å². The van der Waals surface area contributed by atoms with Gasteiger partial charge in [0.15, 0.2) is 5.65 Å². The number of anilines is 2. The third-order valence-corrected chi connectivity index (χ3v) is 4.40. The lowest BCUT2D eigenvalue weighted by molar-refractivity contribution is 0.262. The summed E-state index contributed by atoms with van der Waals surface area (Å²) in [6.45, 7) is 3.98. The molecule has 4 aromatic rings. The van der Waals surface area contributed by atoms with E-state index in [0.29, 0.717) is 5.65 Å². The molecule has 27 heavy (non-hydrogen) atoms. The van der Waals surface area contributed by atoms with Crippen molar-refractivity contribution in [3.8, 4) is 11.1 Å². The van der Waals surface area contributed by atoms with Gasteiger partial charge in [-0.05, 0) is 55.3 Å². The number of benzene rings is 2. The van der Waals surface area contributed by atoms with E-state index in [-0.39, 0.29) is 6.03 Å². The molecular formula is C21H19N5O. The highest BCUT2D eigenvalue weighted by molar-refractivity contribution is 6.00. The van der Waals surface area contributed by atoms with Crippen LogP contribution in [-0.4, -0.2) is 21.2 Å². The Bertz CT molecular complexity index is 1100. The molecule has 0 saturated heterocycles. The first-order valence-electron chi connectivity index (χ1n) is 8.65. The van der Waals surface area contributed by atoms with Gasteiger partial charge in [-0.3, -0.25) is 5.10 Å². The molecule has 0 aliphatic heterocycles. The Kier molecular flexibility index (Phi) is 4.30. The van der Waals surface area contributed by atoms with E-state index in [0.717, 1.165) is 39.1 Å². The quantitative estimate of drug-likeness (QED) is 0.488. The normalized spacial score (nSPS) is 10.7. The minimum Gasteiger partial charge on any atom is -0.308 e. The number of nitrogens with zero attached hydrogens (tertiary/aromatic N) is 2.